The van der Waals surface area contributed by atoms with Gasteiger partial charge in [-0.15, -0.1) is 5.54 Å². The molecular formula is C23H31N3O2Si. The molecule has 1 saturated heterocycles. The second-order valence-corrected chi connectivity index (χ2v) is 15.5. The number of fused-ring (bicyclic) bond motifs is 2. The average molecular weight is 410 g/mol. The quantitative estimate of drug-likeness (QED) is 0.517. The van der Waals surface area contributed by atoms with E-state index in [1.807, 2.05) is 37.8 Å². The number of hydrogen-bond donors (Lipinski definition) is 1. The molecule has 29 heavy (non-hydrogen) atoms. The van der Waals surface area contributed by atoms with Crippen LogP contribution in [0.25, 0.3) is 11.0 Å². The van der Waals surface area contributed by atoms with Gasteiger partial charge >= 0.3 is 6.09 Å². The normalized spacial score (nSPS) is 26.1. The zero-order valence-electron chi connectivity index (χ0n) is 18.5. The number of piperidine rings is 1. The summed E-state index contributed by atoms with van der Waals surface area (Å²) in [5.41, 5.74) is 5.67. The van der Waals surface area contributed by atoms with Gasteiger partial charge in [-0.3, -0.25) is 4.90 Å². The van der Waals surface area contributed by atoms with Gasteiger partial charge in [-0.05, 0) is 64.7 Å². The molecule has 0 spiro atoms. The van der Waals surface area contributed by atoms with E-state index in [2.05, 4.69) is 49.1 Å². The number of aromatic amines is 1. The molecule has 1 aliphatic heterocycles. The average Bonchev–Trinajstić information content (AvgIpc) is 2.94. The Morgan fingerprint density at radius 2 is 2.07 bits per heavy atom. The monoisotopic (exact) mass is 409 g/mol. The van der Waals surface area contributed by atoms with Crippen molar-refractivity contribution in [3.63, 3.8) is 0 Å². The van der Waals surface area contributed by atoms with Crippen molar-refractivity contribution >= 4 is 25.2 Å². The Hall–Kier alpha value is -2.26. The standard InChI is InChI=1S/C23H31N3O2Si/c1-22(2,3)28-21(27)26-19(13-16-14-23(16,26)4)20-24-17-9-8-15(12-18(17)25-20)10-11-29(5,6)7/h8-9,12,16,19H,13-14H2,1-7H3,(H,24,25). The smallest absolute Gasteiger partial charge is 0.411 e. The minimum absolute atomic E-state index is 0.0717. The maximum Gasteiger partial charge on any atom is 0.411 e. The molecule has 2 aliphatic rings. The van der Waals surface area contributed by atoms with E-state index in [0.717, 1.165) is 35.3 Å². The molecule has 1 saturated carbocycles. The van der Waals surface area contributed by atoms with E-state index in [9.17, 15) is 4.79 Å². The zero-order chi connectivity index (χ0) is 21.2. The van der Waals surface area contributed by atoms with Crippen LogP contribution in [0.15, 0.2) is 18.2 Å². The van der Waals surface area contributed by atoms with Crippen LogP contribution < -0.4 is 0 Å². The van der Waals surface area contributed by atoms with Crippen LogP contribution in [0.5, 0.6) is 0 Å². The molecule has 6 heteroatoms. The second-order valence-electron chi connectivity index (χ2n) is 10.7. The third-order valence-electron chi connectivity index (χ3n) is 5.74. The van der Waals surface area contributed by atoms with Gasteiger partial charge in [-0.1, -0.05) is 25.6 Å². The van der Waals surface area contributed by atoms with Gasteiger partial charge in [0, 0.05) is 11.1 Å². The summed E-state index contributed by atoms with van der Waals surface area (Å²) in [6, 6.07) is 6.03. The summed E-state index contributed by atoms with van der Waals surface area (Å²) in [7, 11) is -1.42. The van der Waals surface area contributed by atoms with Crippen LogP contribution in [0.4, 0.5) is 4.79 Å². The van der Waals surface area contributed by atoms with Crippen LogP contribution in [0.1, 0.15) is 58.0 Å². The highest BCUT2D eigenvalue weighted by molar-refractivity contribution is 6.83. The molecular weight excluding hydrogens is 378 g/mol. The lowest BCUT2D eigenvalue weighted by molar-refractivity contribution is 0.00865. The molecule has 3 unspecified atom stereocenters. The van der Waals surface area contributed by atoms with E-state index >= 15 is 0 Å². The number of carbonyl (C=O) groups excluding carboxylic acids is 1. The molecule has 2 heterocycles. The summed E-state index contributed by atoms with van der Waals surface area (Å²) in [5, 5.41) is 0. The van der Waals surface area contributed by atoms with Crippen LogP contribution in [-0.4, -0.2) is 40.2 Å². The number of rotatable bonds is 1. The molecule has 2 aromatic rings. The molecule has 5 nitrogen and oxygen atoms in total. The van der Waals surface area contributed by atoms with Crippen molar-refractivity contribution in [2.45, 2.75) is 77.4 Å². The minimum Gasteiger partial charge on any atom is -0.444 e. The summed E-state index contributed by atoms with van der Waals surface area (Å²) in [5.74, 6) is 4.67. The number of imidazole rings is 1. The van der Waals surface area contributed by atoms with Crippen molar-refractivity contribution in [1.82, 2.24) is 14.9 Å². The Morgan fingerprint density at radius 1 is 1.34 bits per heavy atom. The van der Waals surface area contributed by atoms with Crippen molar-refractivity contribution in [3.05, 3.63) is 29.6 Å². The number of nitrogens with one attached hydrogen (secondary N) is 1. The van der Waals surface area contributed by atoms with Crippen molar-refractivity contribution in [3.8, 4) is 11.5 Å². The molecule has 1 amide bonds. The van der Waals surface area contributed by atoms with E-state index in [1.165, 1.54) is 0 Å². The number of H-pyrrole nitrogens is 1. The van der Waals surface area contributed by atoms with E-state index in [1.54, 1.807) is 0 Å². The van der Waals surface area contributed by atoms with Crippen molar-refractivity contribution in [1.29, 1.82) is 0 Å². The Morgan fingerprint density at radius 3 is 2.72 bits per heavy atom. The number of likely N-dealkylation sites (tertiary alicyclic amines) is 1. The van der Waals surface area contributed by atoms with Crippen molar-refractivity contribution in [2.75, 3.05) is 0 Å². The fourth-order valence-corrected chi connectivity index (χ4v) is 4.73. The summed E-state index contributed by atoms with van der Waals surface area (Å²) in [6.45, 7) is 14.6. The SMILES string of the molecule is CC(C)(C)OC(=O)N1C(c2nc3ccc(C#C[Si](C)(C)C)cc3[nH]2)CC2CC21C. The van der Waals surface area contributed by atoms with E-state index in [4.69, 9.17) is 9.72 Å². The fourth-order valence-electron chi connectivity index (χ4n) is 4.21. The highest BCUT2D eigenvalue weighted by Crippen LogP contribution is 2.62. The van der Waals surface area contributed by atoms with Gasteiger partial charge in [-0.25, -0.2) is 9.78 Å². The number of ether oxygens (including phenoxy) is 1. The molecule has 4 rings (SSSR count). The predicted molar refractivity (Wildman–Crippen MR) is 118 cm³/mol. The molecule has 1 aromatic carbocycles. The fraction of sp³-hybridized carbons (Fsp3) is 0.565. The summed E-state index contributed by atoms with van der Waals surface area (Å²) < 4.78 is 5.72. The van der Waals surface area contributed by atoms with Crippen molar-refractivity contribution in [2.24, 2.45) is 5.92 Å². The second kappa shape index (κ2) is 6.37. The first-order valence-electron chi connectivity index (χ1n) is 10.4. The highest BCUT2D eigenvalue weighted by Gasteiger charge is 2.65. The summed E-state index contributed by atoms with van der Waals surface area (Å²) in [6.07, 6.45) is 1.73. The van der Waals surface area contributed by atoms with Gasteiger partial charge in [-0.2, -0.15) is 0 Å². The predicted octanol–water partition coefficient (Wildman–Crippen LogP) is 5.25. The van der Waals surface area contributed by atoms with Crippen LogP contribution in [-0.2, 0) is 4.74 Å². The molecule has 1 aliphatic carbocycles. The molecule has 1 aromatic heterocycles. The van der Waals surface area contributed by atoms with E-state index < -0.39 is 13.7 Å². The van der Waals surface area contributed by atoms with Crippen molar-refractivity contribution < 1.29 is 9.53 Å². The first-order valence-corrected chi connectivity index (χ1v) is 13.9. The van der Waals surface area contributed by atoms with Gasteiger partial charge in [0.15, 0.2) is 0 Å². The topological polar surface area (TPSA) is 58.2 Å². The molecule has 3 atom stereocenters. The zero-order valence-corrected chi connectivity index (χ0v) is 19.5. The molecule has 1 N–H and O–H groups in total. The Bertz CT molecular complexity index is 1030. The molecule has 154 valence electrons. The van der Waals surface area contributed by atoms with Gasteiger partial charge < -0.3 is 9.72 Å². The van der Waals surface area contributed by atoms with Gasteiger partial charge in [0.25, 0.3) is 0 Å². The number of aromatic nitrogens is 2. The minimum atomic E-state index is -1.42. The lowest BCUT2D eigenvalue weighted by atomic mass is 10.1. The van der Waals surface area contributed by atoms with E-state index in [-0.39, 0.29) is 17.7 Å². The lowest BCUT2D eigenvalue weighted by Gasteiger charge is -2.33. The number of hydrogen-bond acceptors (Lipinski definition) is 3. The number of nitrogens with zero attached hydrogens (tertiary/aromatic N) is 2. The maximum absolute atomic E-state index is 13.0. The number of amides is 1. The molecule has 2 fully saturated rings. The van der Waals surface area contributed by atoms with Crippen LogP contribution in [0, 0.1) is 17.4 Å². The third kappa shape index (κ3) is 3.93. The highest BCUT2D eigenvalue weighted by atomic mass is 28.3. The number of benzene rings is 1. The van der Waals surface area contributed by atoms with Gasteiger partial charge in [0.05, 0.1) is 17.1 Å². The van der Waals surface area contributed by atoms with Gasteiger partial charge in [0.2, 0.25) is 0 Å². The first-order chi connectivity index (χ1) is 13.4. The Balaban J connectivity index is 1.65. The summed E-state index contributed by atoms with van der Waals surface area (Å²) in [4.78, 5) is 23.2. The first kappa shape index (κ1) is 20.0. The largest absolute Gasteiger partial charge is 0.444 e. The van der Waals surface area contributed by atoms with Crippen LogP contribution >= 0.6 is 0 Å². The molecule has 0 radical (unpaired) electrons. The van der Waals surface area contributed by atoms with E-state index in [0.29, 0.717) is 5.92 Å². The lowest BCUT2D eigenvalue weighted by Crippen LogP contribution is -2.43. The molecule has 0 bridgehead atoms. The Labute approximate surface area is 174 Å². The third-order valence-corrected chi connectivity index (χ3v) is 6.61. The maximum atomic E-state index is 13.0. The van der Waals surface area contributed by atoms with Gasteiger partial charge in [0.1, 0.15) is 19.5 Å². The van der Waals surface area contributed by atoms with Crippen LogP contribution in [0.3, 0.4) is 0 Å². The Kier molecular flexibility index (Phi) is 4.40. The summed E-state index contributed by atoms with van der Waals surface area (Å²) >= 11 is 0. The number of carbonyl (C=O) groups is 1. The van der Waals surface area contributed by atoms with Crippen LogP contribution in [0.2, 0.25) is 19.6 Å².